The van der Waals surface area contributed by atoms with Crippen molar-refractivity contribution in [3.05, 3.63) is 34.5 Å². The lowest BCUT2D eigenvalue weighted by Gasteiger charge is -2.08. The second-order valence-electron chi connectivity index (χ2n) is 6.55. The van der Waals surface area contributed by atoms with Gasteiger partial charge in [0.15, 0.2) is 11.6 Å². The molecule has 142 valence electrons. The van der Waals surface area contributed by atoms with Gasteiger partial charge in [0.05, 0.1) is 16.8 Å². The van der Waals surface area contributed by atoms with Gasteiger partial charge in [0.25, 0.3) is 5.91 Å². The largest absolute Gasteiger partial charge is 0.461 e. The summed E-state index contributed by atoms with van der Waals surface area (Å²) in [6.07, 6.45) is 1.58. The number of aryl methyl sites for hydroxylation is 2. The molecular formula is C19H22N4O3S. The van der Waals surface area contributed by atoms with E-state index in [-0.39, 0.29) is 17.7 Å². The van der Waals surface area contributed by atoms with Gasteiger partial charge in [0.2, 0.25) is 5.91 Å². The number of nitrogens with zero attached hydrogens (tertiary/aromatic N) is 2. The summed E-state index contributed by atoms with van der Waals surface area (Å²) in [6, 6.07) is 3.59. The van der Waals surface area contributed by atoms with Crippen molar-refractivity contribution in [2.24, 2.45) is 5.92 Å². The topological polar surface area (TPSA) is 97.1 Å². The maximum Gasteiger partial charge on any atom is 0.261 e. The molecule has 0 unspecified atom stereocenters. The minimum Gasteiger partial charge on any atom is -0.461 e. The van der Waals surface area contributed by atoms with E-state index in [9.17, 15) is 9.59 Å². The van der Waals surface area contributed by atoms with Gasteiger partial charge in [0, 0.05) is 24.4 Å². The summed E-state index contributed by atoms with van der Waals surface area (Å²) in [6.45, 7) is 8.22. The number of hydrogen-bond donors (Lipinski definition) is 2. The highest BCUT2D eigenvalue weighted by atomic mass is 32.1. The van der Waals surface area contributed by atoms with Crippen molar-refractivity contribution in [1.29, 1.82) is 0 Å². The molecule has 3 heterocycles. The lowest BCUT2D eigenvalue weighted by molar-refractivity contribution is -0.123. The second kappa shape index (κ2) is 7.87. The Morgan fingerprint density at radius 1 is 1.19 bits per heavy atom. The number of carbonyl (C=O) groups excluding carboxylic acids is 2. The van der Waals surface area contributed by atoms with Crippen LogP contribution in [0.5, 0.6) is 0 Å². The fraction of sp³-hybridized carbons (Fsp3) is 0.368. The SMILES string of the molecule is Cc1nc(-c2ccco2)nc2sc(C(=O)NCCNC(=O)C(C)C)c(C)c12. The number of amides is 2. The Labute approximate surface area is 161 Å². The summed E-state index contributed by atoms with van der Waals surface area (Å²) in [7, 11) is 0. The molecule has 0 saturated carbocycles. The van der Waals surface area contributed by atoms with Crippen LogP contribution in [0.1, 0.15) is 34.8 Å². The molecule has 0 aromatic carbocycles. The number of thiophene rings is 1. The van der Waals surface area contributed by atoms with E-state index in [0.29, 0.717) is 29.6 Å². The normalized spacial score (nSPS) is 11.1. The van der Waals surface area contributed by atoms with Crippen LogP contribution < -0.4 is 10.6 Å². The highest BCUT2D eigenvalue weighted by molar-refractivity contribution is 7.20. The van der Waals surface area contributed by atoms with E-state index < -0.39 is 0 Å². The fourth-order valence-corrected chi connectivity index (χ4v) is 3.87. The van der Waals surface area contributed by atoms with Crippen molar-refractivity contribution in [2.45, 2.75) is 27.7 Å². The van der Waals surface area contributed by atoms with Crippen LogP contribution in [0, 0.1) is 19.8 Å². The van der Waals surface area contributed by atoms with Crippen molar-refractivity contribution < 1.29 is 14.0 Å². The van der Waals surface area contributed by atoms with Crippen LogP contribution >= 0.6 is 11.3 Å². The van der Waals surface area contributed by atoms with Crippen LogP contribution in [-0.4, -0.2) is 34.9 Å². The first-order valence-corrected chi connectivity index (χ1v) is 9.57. The number of hydrogen-bond acceptors (Lipinski definition) is 6. The molecule has 0 bridgehead atoms. The molecule has 2 N–H and O–H groups in total. The van der Waals surface area contributed by atoms with Gasteiger partial charge in [-0.25, -0.2) is 9.97 Å². The van der Waals surface area contributed by atoms with E-state index in [1.165, 1.54) is 11.3 Å². The first-order chi connectivity index (χ1) is 12.9. The number of nitrogens with one attached hydrogen (secondary N) is 2. The zero-order valence-electron chi connectivity index (χ0n) is 15.8. The number of rotatable bonds is 6. The second-order valence-corrected chi connectivity index (χ2v) is 7.55. The highest BCUT2D eigenvalue weighted by Gasteiger charge is 2.20. The van der Waals surface area contributed by atoms with Crippen molar-refractivity contribution in [2.75, 3.05) is 13.1 Å². The van der Waals surface area contributed by atoms with Crippen molar-refractivity contribution in [3.8, 4) is 11.6 Å². The molecule has 3 aromatic heterocycles. The Balaban J connectivity index is 1.77. The summed E-state index contributed by atoms with van der Waals surface area (Å²) < 4.78 is 5.38. The molecule has 0 aliphatic carbocycles. The Bertz CT molecular complexity index is 977. The van der Waals surface area contributed by atoms with Gasteiger partial charge in [-0.15, -0.1) is 11.3 Å². The Morgan fingerprint density at radius 3 is 2.59 bits per heavy atom. The van der Waals surface area contributed by atoms with Gasteiger partial charge in [-0.3, -0.25) is 9.59 Å². The lowest BCUT2D eigenvalue weighted by Crippen LogP contribution is -2.36. The van der Waals surface area contributed by atoms with E-state index >= 15 is 0 Å². The van der Waals surface area contributed by atoms with Crippen molar-refractivity contribution in [1.82, 2.24) is 20.6 Å². The van der Waals surface area contributed by atoms with Gasteiger partial charge >= 0.3 is 0 Å². The van der Waals surface area contributed by atoms with Gasteiger partial charge in [0.1, 0.15) is 4.83 Å². The van der Waals surface area contributed by atoms with E-state index in [1.807, 2.05) is 27.7 Å². The zero-order chi connectivity index (χ0) is 19.6. The Kier molecular flexibility index (Phi) is 5.55. The summed E-state index contributed by atoms with van der Waals surface area (Å²) in [5.74, 6) is 0.829. The molecule has 0 spiro atoms. The predicted octanol–water partition coefficient (Wildman–Crippen LogP) is 3.07. The van der Waals surface area contributed by atoms with Gasteiger partial charge < -0.3 is 15.1 Å². The third-order valence-electron chi connectivity index (χ3n) is 4.15. The summed E-state index contributed by atoms with van der Waals surface area (Å²) in [5.41, 5.74) is 1.67. The molecular weight excluding hydrogens is 364 g/mol. The third-order valence-corrected chi connectivity index (χ3v) is 5.34. The molecule has 3 aromatic rings. The molecule has 0 radical (unpaired) electrons. The Hall–Kier alpha value is -2.74. The van der Waals surface area contributed by atoms with Gasteiger partial charge in [-0.2, -0.15) is 0 Å². The first-order valence-electron chi connectivity index (χ1n) is 8.76. The summed E-state index contributed by atoms with van der Waals surface area (Å²) >= 11 is 1.33. The minimum atomic E-state index is -0.173. The molecule has 0 fully saturated rings. The molecule has 0 saturated heterocycles. The molecule has 8 heteroatoms. The number of carbonyl (C=O) groups is 2. The van der Waals surface area contributed by atoms with Crippen molar-refractivity contribution >= 4 is 33.4 Å². The van der Waals surface area contributed by atoms with E-state index in [2.05, 4.69) is 20.6 Å². The molecule has 27 heavy (non-hydrogen) atoms. The van der Waals surface area contributed by atoms with Crippen LogP contribution in [0.25, 0.3) is 21.8 Å². The van der Waals surface area contributed by atoms with Gasteiger partial charge in [-0.05, 0) is 31.5 Å². The monoisotopic (exact) mass is 386 g/mol. The average Bonchev–Trinajstić information content (AvgIpc) is 3.26. The predicted molar refractivity (Wildman–Crippen MR) is 105 cm³/mol. The van der Waals surface area contributed by atoms with E-state index in [0.717, 1.165) is 21.5 Å². The molecule has 0 aliphatic heterocycles. The van der Waals surface area contributed by atoms with E-state index in [1.54, 1.807) is 18.4 Å². The van der Waals surface area contributed by atoms with Crippen LogP contribution in [0.2, 0.25) is 0 Å². The third kappa shape index (κ3) is 4.00. The molecule has 3 rings (SSSR count). The van der Waals surface area contributed by atoms with E-state index in [4.69, 9.17) is 4.42 Å². The molecule has 0 aliphatic rings. The standard InChI is InChI=1S/C19H22N4O3S/c1-10(2)17(24)20-7-8-21-18(25)15-11(3)14-12(4)22-16(23-19(14)27-15)13-6-5-9-26-13/h5-6,9-10H,7-8H2,1-4H3,(H,20,24)(H,21,25). The van der Waals surface area contributed by atoms with Crippen LogP contribution in [0.15, 0.2) is 22.8 Å². The Morgan fingerprint density at radius 2 is 1.93 bits per heavy atom. The number of fused-ring (bicyclic) bond motifs is 1. The van der Waals surface area contributed by atoms with Crippen LogP contribution in [0.4, 0.5) is 0 Å². The summed E-state index contributed by atoms with van der Waals surface area (Å²) in [4.78, 5) is 34.5. The summed E-state index contributed by atoms with van der Waals surface area (Å²) in [5, 5.41) is 6.52. The molecule has 0 atom stereocenters. The minimum absolute atomic E-state index is 0.0290. The maximum absolute atomic E-state index is 12.6. The number of furan rings is 1. The zero-order valence-corrected chi connectivity index (χ0v) is 16.6. The van der Waals surface area contributed by atoms with Crippen LogP contribution in [0.3, 0.4) is 0 Å². The quantitative estimate of drug-likeness (QED) is 0.635. The smallest absolute Gasteiger partial charge is 0.261 e. The number of aromatic nitrogens is 2. The first kappa shape index (κ1) is 19.0. The lowest BCUT2D eigenvalue weighted by atomic mass is 10.1. The molecule has 2 amide bonds. The fourth-order valence-electron chi connectivity index (χ4n) is 2.72. The van der Waals surface area contributed by atoms with Crippen molar-refractivity contribution in [3.63, 3.8) is 0 Å². The maximum atomic E-state index is 12.6. The van der Waals surface area contributed by atoms with Crippen LogP contribution in [-0.2, 0) is 4.79 Å². The average molecular weight is 386 g/mol. The highest BCUT2D eigenvalue weighted by Crippen LogP contribution is 2.32. The molecule has 7 nitrogen and oxygen atoms in total. The van der Waals surface area contributed by atoms with Gasteiger partial charge in [-0.1, -0.05) is 13.8 Å².